The molecule has 3 atom stereocenters. The highest BCUT2D eigenvalue weighted by atomic mass is 31.2. The van der Waals surface area contributed by atoms with Gasteiger partial charge in [-0.15, -0.1) is 0 Å². The largest absolute Gasteiger partial charge is 0.478 e. The minimum atomic E-state index is -3.30. The summed E-state index contributed by atoms with van der Waals surface area (Å²) in [5.74, 6) is -0.938. The monoisotopic (exact) mass is 389 g/mol. The zero-order chi connectivity index (χ0) is 19.3. The molecule has 0 aromatic heterocycles. The maximum absolute atomic E-state index is 12.5. The third kappa shape index (κ3) is 6.01. The Balaban J connectivity index is 1.47. The summed E-state index contributed by atoms with van der Waals surface area (Å²) in [5, 5.41) is 12.3. The van der Waals surface area contributed by atoms with Gasteiger partial charge in [0, 0.05) is 18.7 Å². The highest BCUT2D eigenvalue weighted by Gasteiger charge is 2.29. The van der Waals surface area contributed by atoms with Crippen LogP contribution in [0.5, 0.6) is 0 Å². The van der Waals surface area contributed by atoms with Gasteiger partial charge in [0.1, 0.15) is 0 Å². The Morgan fingerprint density at radius 3 is 2.41 bits per heavy atom. The zero-order valence-corrected chi connectivity index (χ0v) is 15.8. The molecule has 0 saturated carbocycles. The van der Waals surface area contributed by atoms with Crippen molar-refractivity contribution in [1.29, 1.82) is 0 Å². The summed E-state index contributed by atoms with van der Waals surface area (Å²) in [5.41, 5.74) is 2.15. The van der Waals surface area contributed by atoms with Gasteiger partial charge in [0.25, 0.3) is 0 Å². The second kappa shape index (κ2) is 8.81. The van der Waals surface area contributed by atoms with Gasteiger partial charge in [-0.1, -0.05) is 42.5 Å². The van der Waals surface area contributed by atoms with Gasteiger partial charge in [-0.05, 0) is 29.7 Å². The number of aromatic carboxylic acids is 1. The van der Waals surface area contributed by atoms with Crippen LogP contribution in [0.4, 0.5) is 0 Å². The number of nitrogens with one attached hydrogen (secondary N) is 1. The second-order valence-electron chi connectivity index (χ2n) is 6.94. The molecule has 1 saturated heterocycles. The quantitative estimate of drug-likeness (QED) is 0.631. The Bertz CT molecular complexity index is 801. The number of morpholine rings is 1. The molecule has 27 heavy (non-hydrogen) atoms. The Morgan fingerprint density at radius 2 is 1.81 bits per heavy atom. The minimum Gasteiger partial charge on any atom is -0.478 e. The Kier molecular flexibility index (Phi) is 6.45. The number of carboxylic acid groups (broad SMARTS) is 1. The van der Waals surface area contributed by atoms with Crippen LogP contribution in [0.3, 0.4) is 0 Å². The van der Waals surface area contributed by atoms with E-state index < -0.39 is 13.3 Å². The normalized spacial score (nSPS) is 22.1. The van der Waals surface area contributed by atoms with Gasteiger partial charge in [0.2, 0.25) is 7.37 Å². The van der Waals surface area contributed by atoms with Crippen molar-refractivity contribution in [3.8, 4) is 0 Å². The molecule has 2 aromatic carbocycles. The average Bonchev–Trinajstić information content (AvgIpc) is 2.64. The average molecular weight is 389 g/mol. The highest BCUT2D eigenvalue weighted by molar-refractivity contribution is 7.57. The molecule has 144 valence electrons. The van der Waals surface area contributed by atoms with Crippen LogP contribution < -0.4 is 5.32 Å². The van der Waals surface area contributed by atoms with Crippen LogP contribution in [-0.4, -0.2) is 47.4 Å². The van der Waals surface area contributed by atoms with E-state index in [-0.39, 0.29) is 30.0 Å². The molecule has 1 heterocycles. The summed E-state index contributed by atoms with van der Waals surface area (Å²) in [6.07, 6.45) is 0.727. The number of hydrogen-bond acceptors (Lipinski definition) is 4. The summed E-state index contributed by atoms with van der Waals surface area (Å²) in [4.78, 5) is 21.2. The lowest BCUT2D eigenvalue weighted by Gasteiger charge is -2.31. The summed E-state index contributed by atoms with van der Waals surface area (Å²) >= 11 is 0. The van der Waals surface area contributed by atoms with Gasteiger partial charge in [-0.3, -0.25) is 4.57 Å². The first-order valence-corrected chi connectivity index (χ1v) is 11.0. The lowest BCUT2D eigenvalue weighted by atomic mass is 10.0. The van der Waals surface area contributed by atoms with E-state index in [1.54, 1.807) is 24.3 Å². The molecule has 3 rings (SSSR count). The van der Waals surface area contributed by atoms with E-state index in [1.807, 2.05) is 30.3 Å². The summed E-state index contributed by atoms with van der Waals surface area (Å²) in [6, 6.07) is 16.2. The molecular weight excluding hydrogens is 365 g/mol. The van der Waals surface area contributed by atoms with Gasteiger partial charge >= 0.3 is 5.97 Å². The van der Waals surface area contributed by atoms with Crippen LogP contribution in [0.25, 0.3) is 0 Å². The van der Waals surface area contributed by atoms with Crippen molar-refractivity contribution in [2.24, 2.45) is 0 Å². The van der Waals surface area contributed by atoms with Crippen LogP contribution in [0.1, 0.15) is 21.5 Å². The maximum atomic E-state index is 12.5. The molecule has 0 amide bonds. The topological polar surface area (TPSA) is 95.9 Å². The van der Waals surface area contributed by atoms with E-state index in [0.29, 0.717) is 19.6 Å². The maximum Gasteiger partial charge on any atom is 0.335 e. The molecule has 6 nitrogen and oxygen atoms in total. The van der Waals surface area contributed by atoms with Gasteiger partial charge in [-0.25, -0.2) is 4.79 Å². The van der Waals surface area contributed by atoms with Crippen molar-refractivity contribution in [2.75, 3.05) is 19.3 Å². The van der Waals surface area contributed by atoms with Crippen molar-refractivity contribution >= 4 is 13.3 Å². The van der Waals surface area contributed by atoms with Crippen LogP contribution in [0, 0.1) is 0 Å². The first-order valence-electron chi connectivity index (χ1n) is 8.93. The van der Waals surface area contributed by atoms with E-state index in [0.717, 1.165) is 11.1 Å². The molecule has 1 fully saturated rings. The van der Waals surface area contributed by atoms with E-state index in [1.165, 1.54) is 0 Å². The SMILES string of the molecule is O=C(O)c1ccc(C[C@@H]2CO[C@@H](CP(=O)(O)Cc3ccccc3)CN2)cc1. The molecule has 0 aliphatic carbocycles. The van der Waals surface area contributed by atoms with Crippen molar-refractivity contribution in [3.63, 3.8) is 0 Å². The number of rotatable bonds is 7. The van der Waals surface area contributed by atoms with Crippen LogP contribution in [-0.2, 0) is 21.9 Å². The number of carboxylic acids is 1. The van der Waals surface area contributed by atoms with Crippen LogP contribution >= 0.6 is 7.37 Å². The van der Waals surface area contributed by atoms with Crippen LogP contribution in [0.2, 0.25) is 0 Å². The van der Waals surface area contributed by atoms with Crippen molar-refractivity contribution in [3.05, 3.63) is 71.3 Å². The Labute approximate surface area is 158 Å². The van der Waals surface area contributed by atoms with Crippen molar-refractivity contribution in [1.82, 2.24) is 5.32 Å². The van der Waals surface area contributed by atoms with Crippen molar-refractivity contribution < 1.29 is 24.1 Å². The molecule has 3 N–H and O–H groups in total. The van der Waals surface area contributed by atoms with Crippen LogP contribution in [0.15, 0.2) is 54.6 Å². The van der Waals surface area contributed by atoms with E-state index in [4.69, 9.17) is 9.84 Å². The minimum absolute atomic E-state index is 0.101. The number of carbonyl (C=O) groups is 1. The van der Waals surface area contributed by atoms with E-state index in [9.17, 15) is 14.3 Å². The molecule has 2 aromatic rings. The molecule has 0 spiro atoms. The summed E-state index contributed by atoms with van der Waals surface area (Å²) < 4.78 is 18.3. The number of hydrogen-bond donors (Lipinski definition) is 3. The van der Waals surface area contributed by atoms with E-state index >= 15 is 0 Å². The van der Waals surface area contributed by atoms with Gasteiger partial charge < -0.3 is 20.1 Å². The molecule has 1 aliphatic heterocycles. The Hall–Kier alpha value is -1.98. The molecule has 0 bridgehead atoms. The highest BCUT2D eigenvalue weighted by Crippen LogP contribution is 2.45. The third-order valence-corrected chi connectivity index (χ3v) is 6.45. The fraction of sp³-hybridized carbons (Fsp3) is 0.350. The van der Waals surface area contributed by atoms with Gasteiger partial charge in [0.15, 0.2) is 0 Å². The lowest BCUT2D eigenvalue weighted by molar-refractivity contribution is 0.0162. The predicted octanol–water partition coefficient (Wildman–Crippen LogP) is 2.75. The standard InChI is InChI=1S/C20H24NO5P/c22-20(23)17-8-6-15(7-9-17)10-18-12-26-19(11-21-18)14-27(24,25)13-16-4-2-1-3-5-16/h1-9,18-19,21H,10-14H2,(H,22,23)(H,24,25)/t18-,19-/m1/s1. The molecular formula is C20H24NO5P. The Morgan fingerprint density at radius 1 is 1.11 bits per heavy atom. The van der Waals surface area contributed by atoms with E-state index in [2.05, 4.69) is 5.32 Å². The summed E-state index contributed by atoms with van der Waals surface area (Å²) in [7, 11) is -3.30. The zero-order valence-electron chi connectivity index (χ0n) is 15.0. The van der Waals surface area contributed by atoms with Gasteiger partial charge in [-0.2, -0.15) is 0 Å². The molecule has 7 heteroatoms. The molecule has 0 radical (unpaired) electrons. The lowest BCUT2D eigenvalue weighted by Crippen LogP contribution is -2.48. The summed E-state index contributed by atoms with van der Waals surface area (Å²) in [6.45, 7) is 0.980. The first kappa shape index (κ1) is 19.8. The fourth-order valence-electron chi connectivity index (χ4n) is 3.24. The van der Waals surface area contributed by atoms with Crippen molar-refractivity contribution in [2.45, 2.75) is 24.7 Å². The second-order valence-corrected chi connectivity index (χ2v) is 9.31. The smallest absolute Gasteiger partial charge is 0.335 e. The third-order valence-electron chi connectivity index (χ3n) is 4.61. The number of benzene rings is 2. The molecule has 1 aliphatic rings. The van der Waals surface area contributed by atoms with Gasteiger partial charge in [0.05, 0.1) is 24.4 Å². The number of ether oxygens (including phenoxy) is 1. The first-order chi connectivity index (χ1) is 12.9. The predicted molar refractivity (Wildman–Crippen MR) is 103 cm³/mol. The molecule has 1 unspecified atom stereocenters. The fourth-order valence-corrected chi connectivity index (χ4v) is 5.02.